The molecule has 25 heavy (non-hydrogen) atoms. The highest BCUT2D eigenvalue weighted by Gasteiger charge is 2.13. The number of fused-ring (bicyclic) bond motifs is 1. The lowest BCUT2D eigenvalue weighted by Gasteiger charge is -2.19. The molecular weight excluding hydrogens is 362 g/mol. The Balaban J connectivity index is 0.00000225. The summed E-state index contributed by atoms with van der Waals surface area (Å²) in [5.41, 5.74) is 3.19. The molecular formula is C17H18ClN3O3S. The lowest BCUT2D eigenvalue weighted by Crippen LogP contribution is -2.20. The van der Waals surface area contributed by atoms with Crippen molar-refractivity contribution < 1.29 is 8.42 Å². The Morgan fingerprint density at radius 2 is 1.76 bits per heavy atom. The van der Waals surface area contributed by atoms with E-state index in [0.717, 1.165) is 22.1 Å². The maximum Gasteiger partial charge on any atom is 0.249 e. The van der Waals surface area contributed by atoms with Gasteiger partial charge in [0, 0.05) is 30.7 Å². The van der Waals surface area contributed by atoms with Gasteiger partial charge >= 0.3 is 0 Å². The zero-order chi connectivity index (χ0) is 17.3. The topological polar surface area (TPSA) is 83.1 Å². The molecule has 0 saturated carbocycles. The van der Waals surface area contributed by atoms with E-state index in [1.165, 1.54) is 10.4 Å². The van der Waals surface area contributed by atoms with Crippen molar-refractivity contribution in [3.8, 4) is 11.1 Å². The largest absolute Gasteiger partial charge is 0.307 e. The first-order chi connectivity index (χ1) is 11.5. The van der Waals surface area contributed by atoms with Gasteiger partial charge in [0.05, 0.1) is 0 Å². The van der Waals surface area contributed by atoms with Crippen LogP contribution in [0.15, 0.2) is 53.5 Å². The smallest absolute Gasteiger partial charge is 0.249 e. The predicted molar refractivity (Wildman–Crippen MR) is 102 cm³/mol. The van der Waals surface area contributed by atoms with Crippen molar-refractivity contribution in [2.24, 2.45) is 0 Å². The van der Waals surface area contributed by atoms with Crippen molar-refractivity contribution in [2.45, 2.75) is 13.0 Å². The molecule has 0 aliphatic heterocycles. The predicted octanol–water partition coefficient (Wildman–Crippen LogP) is 2.53. The molecule has 0 radical (unpaired) electrons. The molecule has 0 spiro atoms. The van der Waals surface area contributed by atoms with E-state index in [1.807, 2.05) is 37.3 Å². The van der Waals surface area contributed by atoms with Crippen LogP contribution < -0.4 is 5.56 Å². The van der Waals surface area contributed by atoms with E-state index in [0.29, 0.717) is 5.65 Å². The van der Waals surface area contributed by atoms with Crippen LogP contribution in [0.3, 0.4) is 0 Å². The highest BCUT2D eigenvalue weighted by atomic mass is 35.5. The monoisotopic (exact) mass is 379 g/mol. The number of aromatic nitrogens is 2. The molecule has 0 bridgehead atoms. The van der Waals surface area contributed by atoms with Gasteiger partial charge in [-0.25, -0.2) is 17.7 Å². The van der Waals surface area contributed by atoms with Gasteiger partial charge in [0.25, 0.3) is 0 Å². The Labute approximate surface area is 153 Å². The summed E-state index contributed by atoms with van der Waals surface area (Å²) in [7, 11) is -1.06. The van der Waals surface area contributed by atoms with Crippen LogP contribution in [0.2, 0.25) is 0 Å². The van der Waals surface area contributed by atoms with Crippen LogP contribution in [0.25, 0.3) is 22.2 Å². The number of hydrogen-bond acceptors (Lipinski definition) is 4. The summed E-state index contributed by atoms with van der Waals surface area (Å²) in [6, 6.07) is 12.6. The van der Waals surface area contributed by atoms with Gasteiger partial charge in [0.15, 0.2) is 0 Å². The molecule has 0 fully saturated rings. The molecule has 8 heteroatoms. The molecule has 1 unspecified atom stereocenters. The zero-order valence-electron chi connectivity index (χ0n) is 13.7. The van der Waals surface area contributed by atoms with Gasteiger partial charge in [-0.2, -0.15) is 0 Å². The third kappa shape index (κ3) is 3.89. The van der Waals surface area contributed by atoms with Crippen molar-refractivity contribution in [1.82, 2.24) is 14.3 Å². The molecule has 1 atom stereocenters. The summed E-state index contributed by atoms with van der Waals surface area (Å²) in [6.07, 6.45) is 1.65. The first-order valence-corrected chi connectivity index (χ1v) is 8.56. The SMILES string of the molecule is CC(c1ccc(-c2ccnc3[nH]c(=O)ccc23)cc1)N(C)[SH](=O)=O.Cl. The lowest BCUT2D eigenvalue weighted by molar-refractivity contribution is 0.412. The van der Waals surface area contributed by atoms with Crippen LogP contribution in [0.1, 0.15) is 18.5 Å². The quantitative estimate of drug-likeness (QED) is 0.682. The van der Waals surface area contributed by atoms with Crippen LogP contribution in [-0.4, -0.2) is 29.7 Å². The standard InChI is InChI=1S/C17H17N3O3S.ClH/c1-11(20(2)24(22)23)12-3-5-13(6-4-12)14-9-10-18-17-15(14)7-8-16(21)19-17;/h3-11,24H,1-2H3,(H,18,19,21);1H. The Morgan fingerprint density at radius 1 is 1.08 bits per heavy atom. The van der Waals surface area contributed by atoms with Crippen LogP contribution in [0.4, 0.5) is 0 Å². The molecule has 2 aromatic heterocycles. The van der Waals surface area contributed by atoms with Gasteiger partial charge in [-0.05, 0) is 35.7 Å². The first kappa shape index (κ1) is 19.1. The minimum atomic E-state index is -2.61. The third-order valence-corrected chi connectivity index (χ3v) is 5.02. The van der Waals surface area contributed by atoms with Gasteiger partial charge in [-0.3, -0.25) is 4.79 Å². The molecule has 0 aliphatic carbocycles. The average molecular weight is 380 g/mol. The molecule has 0 amide bonds. The van der Waals surface area contributed by atoms with Crippen molar-refractivity contribution in [3.63, 3.8) is 0 Å². The maximum absolute atomic E-state index is 11.4. The molecule has 2 heterocycles. The van der Waals surface area contributed by atoms with Gasteiger partial charge in [0.2, 0.25) is 16.4 Å². The number of nitrogens with zero attached hydrogens (tertiary/aromatic N) is 2. The fourth-order valence-corrected chi connectivity index (χ4v) is 3.03. The summed E-state index contributed by atoms with van der Waals surface area (Å²) < 4.78 is 23.5. The van der Waals surface area contributed by atoms with E-state index in [4.69, 9.17) is 0 Å². The summed E-state index contributed by atoms with van der Waals surface area (Å²) >= 11 is 0. The summed E-state index contributed by atoms with van der Waals surface area (Å²) in [5, 5.41) is 0.859. The molecule has 0 saturated heterocycles. The number of aromatic amines is 1. The number of H-pyrrole nitrogens is 1. The van der Waals surface area contributed by atoms with E-state index in [-0.39, 0.29) is 24.0 Å². The van der Waals surface area contributed by atoms with Gasteiger partial charge in [-0.1, -0.05) is 24.3 Å². The molecule has 1 aromatic carbocycles. The maximum atomic E-state index is 11.4. The number of halogens is 1. The molecule has 3 aromatic rings. The normalized spacial score (nSPS) is 12.3. The van der Waals surface area contributed by atoms with E-state index in [9.17, 15) is 13.2 Å². The second kappa shape index (κ2) is 7.77. The number of pyridine rings is 2. The second-order valence-corrected chi connectivity index (χ2v) is 6.66. The number of benzene rings is 1. The van der Waals surface area contributed by atoms with Gasteiger partial charge in [0.1, 0.15) is 5.65 Å². The summed E-state index contributed by atoms with van der Waals surface area (Å²) in [4.78, 5) is 18.3. The zero-order valence-corrected chi connectivity index (χ0v) is 15.4. The third-order valence-electron chi connectivity index (χ3n) is 4.16. The van der Waals surface area contributed by atoms with Crippen LogP contribution >= 0.6 is 12.4 Å². The van der Waals surface area contributed by atoms with E-state index in [1.54, 1.807) is 19.3 Å². The molecule has 132 valence electrons. The minimum absolute atomic E-state index is 0. The van der Waals surface area contributed by atoms with Crippen molar-refractivity contribution in [3.05, 3.63) is 64.6 Å². The van der Waals surface area contributed by atoms with E-state index >= 15 is 0 Å². The lowest BCUT2D eigenvalue weighted by atomic mass is 10.00. The molecule has 0 aliphatic rings. The average Bonchev–Trinajstić information content (AvgIpc) is 2.59. The van der Waals surface area contributed by atoms with Gasteiger partial charge < -0.3 is 4.98 Å². The van der Waals surface area contributed by atoms with Crippen LogP contribution in [0.5, 0.6) is 0 Å². The second-order valence-electron chi connectivity index (χ2n) is 5.55. The number of hydrogen-bond donors (Lipinski definition) is 2. The summed E-state index contributed by atoms with van der Waals surface area (Å²) in [5.74, 6) is 0. The van der Waals surface area contributed by atoms with Crippen molar-refractivity contribution in [1.29, 1.82) is 0 Å². The number of nitrogens with one attached hydrogen (secondary N) is 1. The first-order valence-electron chi connectivity index (χ1n) is 7.43. The van der Waals surface area contributed by atoms with Crippen LogP contribution in [-0.2, 0) is 10.9 Å². The number of rotatable bonds is 4. The Bertz CT molecular complexity index is 1010. The molecule has 1 N–H and O–H groups in total. The van der Waals surface area contributed by atoms with Crippen LogP contribution in [0, 0.1) is 0 Å². The van der Waals surface area contributed by atoms with Gasteiger partial charge in [-0.15, -0.1) is 12.4 Å². The number of thiol groups is 1. The van der Waals surface area contributed by atoms with Crippen molar-refractivity contribution in [2.75, 3.05) is 7.05 Å². The fourth-order valence-electron chi connectivity index (χ4n) is 2.61. The highest BCUT2D eigenvalue weighted by Crippen LogP contribution is 2.28. The highest BCUT2D eigenvalue weighted by molar-refractivity contribution is 7.69. The minimum Gasteiger partial charge on any atom is -0.307 e. The van der Waals surface area contributed by atoms with Crippen molar-refractivity contribution >= 4 is 34.3 Å². The summed E-state index contributed by atoms with van der Waals surface area (Å²) in [6.45, 7) is 1.84. The fraction of sp³-hybridized carbons (Fsp3) is 0.176. The molecule has 3 rings (SSSR count). The molecule has 6 nitrogen and oxygen atoms in total. The van der Waals surface area contributed by atoms with E-state index in [2.05, 4.69) is 9.97 Å². The Morgan fingerprint density at radius 3 is 2.40 bits per heavy atom. The van der Waals surface area contributed by atoms with E-state index < -0.39 is 10.9 Å². The Kier molecular flexibility index (Phi) is 5.94. The Hall–Kier alpha value is -2.22.